The fourth-order valence-electron chi connectivity index (χ4n) is 3.04. The molecule has 124 valence electrons. The predicted molar refractivity (Wildman–Crippen MR) is 87.7 cm³/mol. The van der Waals surface area contributed by atoms with Gasteiger partial charge in [-0.3, -0.25) is 4.68 Å². The lowest BCUT2D eigenvalue weighted by Crippen LogP contribution is -2.40. The van der Waals surface area contributed by atoms with Gasteiger partial charge in [0.1, 0.15) is 5.75 Å². The van der Waals surface area contributed by atoms with Crippen LogP contribution in [0, 0.1) is 0 Å². The average molecular weight is 316 g/mol. The van der Waals surface area contributed by atoms with Crippen molar-refractivity contribution in [3.8, 4) is 5.75 Å². The fraction of sp³-hybridized carbons (Fsp3) is 0.529. The van der Waals surface area contributed by atoms with Crippen LogP contribution in [0.25, 0.3) is 0 Å². The topological polar surface area (TPSA) is 61.2 Å². The summed E-state index contributed by atoms with van der Waals surface area (Å²) in [7, 11) is 3.44. The summed E-state index contributed by atoms with van der Waals surface area (Å²) < 4.78 is 12.7. The molecule has 0 spiro atoms. The Labute approximate surface area is 136 Å². The van der Waals surface area contributed by atoms with E-state index in [0.29, 0.717) is 5.92 Å². The van der Waals surface area contributed by atoms with Crippen molar-refractivity contribution >= 4 is 0 Å². The maximum atomic E-state index is 5.57. The molecule has 1 aromatic heterocycles. The van der Waals surface area contributed by atoms with Gasteiger partial charge in [-0.15, -0.1) is 5.10 Å². The molecule has 0 radical (unpaired) electrons. The van der Waals surface area contributed by atoms with Crippen LogP contribution >= 0.6 is 0 Å². The van der Waals surface area contributed by atoms with Crippen molar-refractivity contribution in [1.29, 1.82) is 0 Å². The number of hydrogen-bond acceptors (Lipinski definition) is 5. The largest absolute Gasteiger partial charge is 0.497 e. The van der Waals surface area contributed by atoms with E-state index < -0.39 is 0 Å². The smallest absolute Gasteiger partial charge is 0.118 e. The molecular weight excluding hydrogens is 292 g/mol. The number of methoxy groups -OCH3 is 2. The van der Waals surface area contributed by atoms with Crippen LogP contribution in [0.5, 0.6) is 5.75 Å². The van der Waals surface area contributed by atoms with Crippen LogP contribution in [0.3, 0.4) is 0 Å². The van der Waals surface area contributed by atoms with E-state index in [4.69, 9.17) is 9.47 Å². The van der Waals surface area contributed by atoms with Gasteiger partial charge < -0.3 is 14.8 Å². The number of benzene rings is 1. The molecule has 23 heavy (non-hydrogen) atoms. The number of nitrogens with zero attached hydrogens (tertiary/aromatic N) is 3. The lowest BCUT2D eigenvalue weighted by molar-refractivity contribution is 0.0612. The Kier molecular flexibility index (Phi) is 5.25. The Bertz CT molecular complexity index is 611. The van der Waals surface area contributed by atoms with Crippen molar-refractivity contribution in [3.63, 3.8) is 0 Å². The molecule has 0 aliphatic carbocycles. The van der Waals surface area contributed by atoms with Crippen molar-refractivity contribution in [2.75, 3.05) is 27.3 Å². The molecular formula is C17H24N4O2. The number of ether oxygens (including phenoxy) is 2. The van der Waals surface area contributed by atoms with E-state index in [9.17, 15) is 0 Å². The molecule has 1 aromatic carbocycles. The summed E-state index contributed by atoms with van der Waals surface area (Å²) in [6.07, 6.45) is 4.20. The van der Waals surface area contributed by atoms with E-state index in [2.05, 4.69) is 34.0 Å². The molecule has 6 heteroatoms. The summed E-state index contributed by atoms with van der Waals surface area (Å²) in [6, 6.07) is 8.15. The Morgan fingerprint density at radius 2 is 2.09 bits per heavy atom. The van der Waals surface area contributed by atoms with Crippen LogP contribution in [0.1, 0.15) is 23.6 Å². The molecule has 2 atom stereocenters. The van der Waals surface area contributed by atoms with E-state index in [1.54, 1.807) is 14.2 Å². The summed E-state index contributed by atoms with van der Waals surface area (Å²) in [5.41, 5.74) is 2.30. The summed E-state index contributed by atoms with van der Waals surface area (Å²) in [5.74, 6) is 1.21. The lowest BCUT2D eigenvalue weighted by Gasteiger charge is -2.29. The summed E-state index contributed by atoms with van der Waals surface area (Å²) >= 11 is 0. The summed E-state index contributed by atoms with van der Waals surface area (Å²) in [6.45, 7) is 2.70. The quantitative estimate of drug-likeness (QED) is 0.877. The van der Waals surface area contributed by atoms with Gasteiger partial charge in [-0.25, -0.2) is 0 Å². The van der Waals surface area contributed by atoms with E-state index in [1.165, 1.54) is 5.56 Å². The molecule has 3 rings (SSSR count). The highest BCUT2D eigenvalue weighted by atomic mass is 16.5. The minimum absolute atomic E-state index is 0.176. The monoisotopic (exact) mass is 316 g/mol. The third-order valence-electron chi connectivity index (χ3n) is 4.45. The van der Waals surface area contributed by atoms with Gasteiger partial charge in [-0.05, 0) is 37.1 Å². The lowest BCUT2D eigenvalue weighted by atomic mass is 9.92. The molecule has 0 saturated carbocycles. The molecule has 1 saturated heterocycles. The van der Waals surface area contributed by atoms with Crippen LogP contribution in [-0.2, 0) is 17.7 Å². The molecule has 1 N–H and O–H groups in total. The molecule has 1 aliphatic rings. The third kappa shape index (κ3) is 3.89. The number of nitrogens with one attached hydrogen (secondary N) is 1. The third-order valence-corrected chi connectivity index (χ3v) is 4.45. The van der Waals surface area contributed by atoms with Crippen molar-refractivity contribution in [2.24, 2.45) is 0 Å². The highest BCUT2D eigenvalue weighted by molar-refractivity contribution is 5.27. The summed E-state index contributed by atoms with van der Waals surface area (Å²) in [4.78, 5) is 0. The number of aromatic nitrogens is 3. The van der Waals surface area contributed by atoms with Crippen LogP contribution in [-0.4, -0.2) is 48.4 Å². The SMILES string of the molecule is COc1ccc(CCn2cc(C3CCNCC3OC)nn2)cc1. The molecule has 1 fully saturated rings. The molecule has 6 nitrogen and oxygen atoms in total. The molecule has 1 aliphatic heterocycles. The highest BCUT2D eigenvalue weighted by Crippen LogP contribution is 2.25. The van der Waals surface area contributed by atoms with E-state index >= 15 is 0 Å². The first-order valence-electron chi connectivity index (χ1n) is 8.06. The second-order valence-corrected chi connectivity index (χ2v) is 5.88. The highest BCUT2D eigenvalue weighted by Gasteiger charge is 2.28. The molecule has 0 amide bonds. The van der Waals surface area contributed by atoms with Crippen LogP contribution < -0.4 is 10.1 Å². The van der Waals surface area contributed by atoms with E-state index in [0.717, 1.165) is 43.9 Å². The molecule has 2 aromatic rings. The average Bonchev–Trinajstić information content (AvgIpc) is 3.09. The van der Waals surface area contributed by atoms with Gasteiger partial charge in [0.05, 0.1) is 18.9 Å². The van der Waals surface area contributed by atoms with Gasteiger partial charge in [0.25, 0.3) is 0 Å². The van der Waals surface area contributed by atoms with Gasteiger partial charge in [0, 0.05) is 32.3 Å². The zero-order valence-electron chi connectivity index (χ0n) is 13.7. The second-order valence-electron chi connectivity index (χ2n) is 5.88. The molecule has 2 unspecified atom stereocenters. The Morgan fingerprint density at radius 3 is 2.83 bits per heavy atom. The molecule has 2 heterocycles. The van der Waals surface area contributed by atoms with Gasteiger partial charge in [0.15, 0.2) is 0 Å². The van der Waals surface area contributed by atoms with Crippen molar-refractivity contribution in [3.05, 3.63) is 41.7 Å². The predicted octanol–water partition coefficient (Wildman–Crippen LogP) is 1.62. The van der Waals surface area contributed by atoms with Crippen molar-refractivity contribution in [1.82, 2.24) is 20.3 Å². The first-order valence-corrected chi connectivity index (χ1v) is 8.06. The molecule has 0 bridgehead atoms. The maximum Gasteiger partial charge on any atom is 0.118 e. The zero-order valence-corrected chi connectivity index (χ0v) is 13.7. The number of aryl methyl sites for hydroxylation is 2. The maximum absolute atomic E-state index is 5.57. The van der Waals surface area contributed by atoms with Crippen LogP contribution in [0.15, 0.2) is 30.5 Å². The van der Waals surface area contributed by atoms with Crippen molar-refractivity contribution < 1.29 is 9.47 Å². The minimum Gasteiger partial charge on any atom is -0.497 e. The fourth-order valence-corrected chi connectivity index (χ4v) is 3.04. The Balaban J connectivity index is 1.60. The van der Waals surface area contributed by atoms with E-state index in [-0.39, 0.29) is 6.10 Å². The van der Waals surface area contributed by atoms with Crippen molar-refractivity contribution in [2.45, 2.75) is 31.4 Å². The number of hydrogen-bond donors (Lipinski definition) is 1. The standard InChI is InChI=1S/C17H24N4O2/c1-22-14-5-3-13(4-6-14)8-10-21-12-16(19-20-21)15-7-9-18-11-17(15)23-2/h3-6,12,15,17-18H,7-11H2,1-2H3. The second kappa shape index (κ2) is 7.57. The number of rotatable bonds is 6. The Hall–Kier alpha value is -1.92. The normalized spacial score (nSPS) is 21.3. The van der Waals surface area contributed by atoms with Gasteiger partial charge in [0.2, 0.25) is 0 Å². The first kappa shape index (κ1) is 16.0. The van der Waals surface area contributed by atoms with E-state index in [1.807, 2.05) is 16.8 Å². The Morgan fingerprint density at radius 1 is 1.26 bits per heavy atom. The zero-order chi connectivity index (χ0) is 16.1. The van der Waals surface area contributed by atoms with Crippen LogP contribution in [0.4, 0.5) is 0 Å². The van der Waals surface area contributed by atoms with Gasteiger partial charge in [-0.1, -0.05) is 17.3 Å². The van der Waals surface area contributed by atoms with Crippen LogP contribution in [0.2, 0.25) is 0 Å². The van der Waals surface area contributed by atoms with Gasteiger partial charge >= 0.3 is 0 Å². The minimum atomic E-state index is 0.176. The summed E-state index contributed by atoms with van der Waals surface area (Å²) in [5, 5.41) is 12.0. The number of piperidine rings is 1. The van der Waals surface area contributed by atoms with Gasteiger partial charge in [-0.2, -0.15) is 0 Å². The first-order chi connectivity index (χ1) is 11.3.